The van der Waals surface area contributed by atoms with E-state index in [1.807, 2.05) is 5.32 Å². The van der Waals surface area contributed by atoms with Crippen LogP contribution in [-0.4, -0.2) is 84.2 Å². The Bertz CT molecular complexity index is 966. The van der Waals surface area contributed by atoms with E-state index < -0.39 is 43.4 Å². The minimum atomic E-state index is -3.22. The van der Waals surface area contributed by atoms with Gasteiger partial charge in [0.2, 0.25) is 0 Å². The van der Waals surface area contributed by atoms with Crippen molar-refractivity contribution in [2.75, 3.05) is 54.6 Å². The number of carbonyl (C=O) groups is 2. The first-order valence-electron chi connectivity index (χ1n) is 10.1. The Morgan fingerprint density at radius 2 is 2.06 bits per heavy atom. The summed E-state index contributed by atoms with van der Waals surface area (Å²) in [5.74, 6) is -2.23. The van der Waals surface area contributed by atoms with Gasteiger partial charge in [0.1, 0.15) is 12.1 Å². The van der Waals surface area contributed by atoms with Crippen LogP contribution in [0.5, 0.6) is 0 Å². The fourth-order valence-electron chi connectivity index (χ4n) is 3.07. The Kier molecular flexibility index (Phi) is 8.50. The Hall–Kier alpha value is -3.56. The molecular formula is C19H23F3N6O6. The van der Waals surface area contributed by atoms with Gasteiger partial charge in [-0.05, 0) is 12.1 Å². The number of urea groups is 1. The molecule has 4 N–H and O–H groups in total. The van der Waals surface area contributed by atoms with Gasteiger partial charge in [0.05, 0.1) is 43.4 Å². The minimum Gasteiger partial charge on any atom is -0.432 e. The van der Waals surface area contributed by atoms with Crippen LogP contribution in [0.2, 0.25) is 0 Å². The van der Waals surface area contributed by atoms with E-state index >= 15 is 0 Å². The molecule has 1 saturated heterocycles. The van der Waals surface area contributed by atoms with Crippen LogP contribution in [0.3, 0.4) is 0 Å². The van der Waals surface area contributed by atoms with Gasteiger partial charge in [0, 0.05) is 25.7 Å². The lowest BCUT2D eigenvalue weighted by Crippen LogP contribution is -2.41. The number of aromatic nitrogens is 1. The molecule has 1 aliphatic heterocycles. The molecule has 15 heteroatoms. The SMILES string of the molecule is O=C(NC[C@H](O)CN(O)c1ccc(N2CCON(C(=O)Nc3ncco3)CC2)c(F)c1)C(F)F. The van der Waals surface area contributed by atoms with Crippen molar-refractivity contribution in [3.63, 3.8) is 0 Å². The molecule has 2 aromatic rings. The summed E-state index contributed by atoms with van der Waals surface area (Å²) in [6.07, 6.45) is -1.94. The van der Waals surface area contributed by atoms with E-state index in [1.54, 1.807) is 4.90 Å². The number of oxazole rings is 1. The highest BCUT2D eigenvalue weighted by molar-refractivity contribution is 5.86. The minimum absolute atomic E-state index is 0.00138. The highest BCUT2D eigenvalue weighted by atomic mass is 19.3. The second-order valence-electron chi connectivity index (χ2n) is 7.11. The van der Waals surface area contributed by atoms with Gasteiger partial charge in [-0.3, -0.25) is 25.2 Å². The standard InChI is InChI=1S/C19H23F3N6O6/c20-14-9-12(27(32)11-13(29)10-24-17(30)16(21)22)1-2-15(14)26-4-5-28(34-8-6-26)19(31)25-18-23-3-7-33-18/h1-3,7,9,13,16,29,32H,4-6,8,10-11H2,(H,24,30)(H,23,25,31)/t13-/m0/s1. The maximum Gasteiger partial charge on any atom is 0.349 e. The van der Waals surface area contributed by atoms with Crippen molar-refractivity contribution in [3.05, 3.63) is 36.5 Å². The smallest absolute Gasteiger partial charge is 0.349 e. The molecule has 0 radical (unpaired) electrons. The number of benzene rings is 1. The van der Waals surface area contributed by atoms with Crippen LogP contribution in [0.25, 0.3) is 0 Å². The Balaban J connectivity index is 1.54. The number of nitrogens with zero attached hydrogens (tertiary/aromatic N) is 4. The fraction of sp³-hybridized carbons (Fsp3) is 0.421. The number of aliphatic hydroxyl groups is 1. The van der Waals surface area contributed by atoms with Gasteiger partial charge >= 0.3 is 18.5 Å². The predicted molar refractivity (Wildman–Crippen MR) is 111 cm³/mol. The zero-order chi connectivity index (χ0) is 24.7. The molecule has 3 amide bonds. The largest absolute Gasteiger partial charge is 0.432 e. The van der Waals surface area contributed by atoms with Crippen molar-refractivity contribution in [3.8, 4) is 0 Å². The molecule has 0 aliphatic carbocycles. The quantitative estimate of drug-likeness (QED) is 0.401. The summed E-state index contributed by atoms with van der Waals surface area (Å²) >= 11 is 0. The number of carbonyl (C=O) groups excluding carboxylic acids is 2. The summed E-state index contributed by atoms with van der Waals surface area (Å²) in [5, 5.41) is 25.7. The van der Waals surface area contributed by atoms with Crippen molar-refractivity contribution in [2.24, 2.45) is 0 Å². The molecule has 0 unspecified atom stereocenters. The molecule has 34 heavy (non-hydrogen) atoms. The lowest BCUT2D eigenvalue weighted by Gasteiger charge is -2.25. The molecule has 1 aliphatic rings. The van der Waals surface area contributed by atoms with E-state index in [9.17, 15) is 33.1 Å². The van der Waals surface area contributed by atoms with Crippen LogP contribution in [0, 0.1) is 5.82 Å². The van der Waals surface area contributed by atoms with Gasteiger partial charge in [-0.2, -0.15) is 8.78 Å². The number of halogens is 3. The second kappa shape index (κ2) is 11.5. The van der Waals surface area contributed by atoms with Gasteiger partial charge in [-0.1, -0.05) is 0 Å². The molecule has 1 aromatic heterocycles. The van der Waals surface area contributed by atoms with Crippen LogP contribution in [0.1, 0.15) is 0 Å². The van der Waals surface area contributed by atoms with E-state index in [-0.39, 0.29) is 43.6 Å². The number of amides is 3. The zero-order valence-electron chi connectivity index (χ0n) is 17.7. The second-order valence-corrected chi connectivity index (χ2v) is 7.11. The molecule has 0 saturated carbocycles. The number of rotatable bonds is 8. The number of hydrogen-bond acceptors (Lipinski definition) is 9. The summed E-state index contributed by atoms with van der Waals surface area (Å²) in [6.45, 7) is -0.284. The van der Waals surface area contributed by atoms with Crippen LogP contribution in [0.4, 0.5) is 35.4 Å². The van der Waals surface area contributed by atoms with Crippen molar-refractivity contribution >= 4 is 29.3 Å². The first-order chi connectivity index (χ1) is 16.2. The average molecular weight is 488 g/mol. The molecule has 1 aromatic carbocycles. The Labute approximate surface area is 191 Å². The summed E-state index contributed by atoms with van der Waals surface area (Å²) in [7, 11) is 0. The molecule has 186 valence electrons. The van der Waals surface area contributed by atoms with Crippen molar-refractivity contribution < 1.29 is 42.3 Å². The van der Waals surface area contributed by atoms with Gasteiger partial charge in [0.15, 0.2) is 0 Å². The maximum absolute atomic E-state index is 14.8. The van der Waals surface area contributed by atoms with Crippen molar-refractivity contribution in [1.29, 1.82) is 0 Å². The molecule has 0 spiro atoms. The predicted octanol–water partition coefficient (Wildman–Crippen LogP) is 1.04. The molecule has 1 atom stereocenters. The third-order valence-electron chi connectivity index (χ3n) is 4.72. The van der Waals surface area contributed by atoms with Gasteiger partial charge in [0.25, 0.3) is 5.91 Å². The van der Waals surface area contributed by atoms with E-state index in [1.165, 1.54) is 24.6 Å². The Morgan fingerprint density at radius 3 is 2.74 bits per heavy atom. The van der Waals surface area contributed by atoms with Crippen LogP contribution in [0.15, 0.2) is 35.1 Å². The van der Waals surface area contributed by atoms with Gasteiger partial charge < -0.3 is 19.7 Å². The highest BCUT2D eigenvalue weighted by Gasteiger charge is 2.24. The van der Waals surface area contributed by atoms with E-state index in [0.29, 0.717) is 5.06 Å². The summed E-state index contributed by atoms with van der Waals surface area (Å²) in [5.41, 5.74) is 0.193. The number of alkyl halides is 2. The van der Waals surface area contributed by atoms with Crippen LogP contribution >= 0.6 is 0 Å². The zero-order valence-corrected chi connectivity index (χ0v) is 17.7. The molecule has 2 heterocycles. The Morgan fingerprint density at radius 1 is 1.26 bits per heavy atom. The summed E-state index contributed by atoms with van der Waals surface area (Å²) in [4.78, 5) is 33.9. The number of aliphatic hydroxyl groups excluding tert-OH is 1. The topological polar surface area (TPSA) is 144 Å². The number of hydrogen-bond donors (Lipinski definition) is 4. The summed E-state index contributed by atoms with van der Waals surface area (Å²) in [6, 6.07) is 3.23. The first-order valence-corrected chi connectivity index (χ1v) is 10.1. The van der Waals surface area contributed by atoms with Gasteiger partial charge in [-0.25, -0.2) is 19.2 Å². The molecular weight excluding hydrogens is 465 g/mol. The van der Waals surface area contributed by atoms with Crippen LogP contribution < -0.4 is 20.6 Å². The molecule has 1 fully saturated rings. The molecule has 12 nitrogen and oxygen atoms in total. The molecule has 3 rings (SSSR count). The monoisotopic (exact) mass is 488 g/mol. The van der Waals surface area contributed by atoms with Gasteiger partial charge in [-0.15, -0.1) is 0 Å². The number of hydroxylamine groups is 3. The van der Waals surface area contributed by atoms with Crippen molar-refractivity contribution in [2.45, 2.75) is 12.5 Å². The van der Waals surface area contributed by atoms with Crippen molar-refractivity contribution in [1.82, 2.24) is 15.4 Å². The van der Waals surface area contributed by atoms with E-state index in [2.05, 4.69) is 10.3 Å². The maximum atomic E-state index is 14.8. The van der Waals surface area contributed by atoms with E-state index in [0.717, 1.165) is 11.1 Å². The third-order valence-corrected chi connectivity index (χ3v) is 4.72. The average Bonchev–Trinajstić information content (AvgIpc) is 3.18. The summed E-state index contributed by atoms with van der Waals surface area (Å²) < 4.78 is 44.1. The third kappa shape index (κ3) is 6.72. The fourth-order valence-corrected chi connectivity index (χ4v) is 3.07. The first kappa shape index (κ1) is 25.1. The highest BCUT2D eigenvalue weighted by Crippen LogP contribution is 2.25. The normalized spacial score (nSPS) is 15.1. The number of nitrogens with one attached hydrogen (secondary N) is 2. The van der Waals surface area contributed by atoms with Crippen LogP contribution in [-0.2, 0) is 9.63 Å². The lowest BCUT2D eigenvalue weighted by molar-refractivity contribution is -0.132. The lowest BCUT2D eigenvalue weighted by atomic mass is 10.2. The molecule has 0 bridgehead atoms. The van der Waals surface area contributed by atoms with E-state index in [4.69, 9.17) is 9.25 Å². The number of anilines is 3.